The Bertz CT molecular complexity index is 317. The number of carboxylic acids is 1. The first kappa shape index (κ1) is 9.98. The Morgan fingerprint density at radius 3 is 2.77 bits per heavy atom. The molecule has 1 N–H and O–H groups in total. The van der Waals surface area contributed by atoms with E-state index < -0.39 is 17.3 Å². The number of hydrogen-bond donors (Lipinski definition) is 1. The molecule has 13 heavy (non-hydrogen) atoms. The Hall–Kier alpha value is -1.10. The summed E-state index contributed by atoms with van der Waals surface area (Å²) in [6.45, 7) is 0. The highest BCUT2D eigenvalue weighted by Crippen LogP contribution is 2.24. The summed E-state index contributed by atoms with van der Waals surface area (Å²) in [4.78, 5) is 10.4. The topological polar surface area (TPSA) is 37.3 Å². The lowest BCUT2D eigenvalue weighted by molar-refractivity contribution is -0.139. The summed E-state index contributed by atoms with van der Waals surface area (Å²) in [7, 11) is 0. The molecule has 0 saturated heterocycles. The van der Waals surface area contributed by atoms with Crippen molar-refractivity contribution in [1.82, 2.24) is 0 Å². The van der Waals surface area contributed by atoms with Crippen LogP contribution in [0.5, 0.6) is 0 Å². The molecule has 0 bridgehead atoms. The molecule has 0 saturated carbocycles. The lowest BCUT2D eigenvalue weighted by Crippen LogP contribution is -2.09. The normalized spacial score (nSPS) is 12.5. The molecular formula is C8H6F2O2S. The highest BCUT2D eigenvalue weighted by atomic mass is 32.2. The van der Waals surface area contributed by atoms with Gasteiger partial charge in [0.25, 0.3) is 0 Å². The van der Waals surface area contributed by atoms with Crippen LogP contribution >= 0.6 is 11.8 Å². The second-order valence-electron chi connectivity index (χ2n) is 2.23. The van der Waals surface area contributed by atoms with Crippen LogP contribution in [0.2, 0.25) is 0 Å². The van der Waals surface area contributed by atoms with Crippen LogP contribution in [-0.2, 0) is 4.79 Å². The molecule has 0 radical (unpaired) electrons. The summed E-state index contributed by atoms with van der Waals surface area (Å²) in [5, 5.41) is 8.22. The van der Waals surface area contributed by atoms with Crippen LogP contribution in [-0.4, -0.2) is 16.6 Å². The fraction of sp³-hybridized carbons (Fsp3) is 0.125. The molecule has 1 rings (SSSR count). The van der Waals surface area contributed by atoms with E-state index in [0.29, 0.717) is 11.8 Å². The van der Waals surface area contributed by atoms with Crippen molar-refractivity contribution < 1.29 is 18.7 Å². The lowest BCUT2D eigenvalue weighted by Gasteiger charge is -2.02. The average molecular weight is 204 g/mol. The smallest absolute Gasteiger partial charge is 0.349 e. The first-order valence-corrected chi connectivity index (χ1v) is 4.26. The molecule has 0 amide bonds. The maximum atomic E-state index is 12.6. The van der Waals surface area contributed by atoms with Crippen LogP contribution in [0, 0.1) is 5.82 Å². The van der Waals surface area contributed by atoms with Gasteiger partial charge in [-0.25, -0.2) is 13.6 Å². The number of alkyl halides is 1. The summed E-state index contributed by atoms with van der Waals surface area (Å²) in [5.41, 5.74) is -2.05. The van der Waals surface area contributed by atoms with Crippen LogP contribution in [0.4, 0.5) is 8.78 Å². The molecule has 1 atom stereocenters. The largest absolute Gasteiger partial charge is 0.478 e. The van der Waals surface area contributed by atoms with Gasteiger partial charge in [0.15, 0.2) is 0 Å². The predicted molar refractivity (Wildman–Crippen MR) is 44.8 cm³/mol. The van der Waals surface area contributed by atoms with Gasteiger partial charge in [-0.3, -0.25) is 0 Å². The predicted octanol–water partition coefficient (Wildman–Crippen LogP) is 2.30. The van der Waals surface area contributed by atoms with Crippen molar-refractivity contribution in [1.29, 1.82) is 0 Å². The van der Waals surface area contributed by atoms with E-state index in [-0.39, 0.29) is 4.90 Å². The van der Waals surface area contributed by atoms with E-state index in [4.69, 9.17) is 5.11 Å². The third-order valence-corrected chi connectivity index (χ3v) is 2.16. The number of carboxylic acid groups (broad SMARTS) is 1. The standard InChI is InChI=1S/C8H6F2O2S/c9-5-2-1-3-6(4-5)13-7(10)8(11)12/h1-4,7H,(H,11,12). The van der Waals surface area contributed by atoms with E-state index in [0.717, 1.165) is 6.07 Å². The SMILES string of the molecule is O=C(O)C(F)Sc1cccc(F)c1. The molecule has 0 aliphatic heterocycles. The minimum Gasteiger partial charge on any atom is -0.478 e. The number of halogens is 2. The molecule has 0 aliphatic carbocycles. The zero-order valence-electron chi connectivity index (χ0n) is 6.41. The number of thioether (sulfide) groups is 1. The van der Waals surface area contributed by atoms with E-state index in [1.54, 1.807) is 0 Å². The summed E-state index contributed by atoms with van der Waals surface area (Å²) < 4.78 is 25.1. The molecule has 1 unspecified atom stereocenters. The summed E-state index contributed by atoms with van der Waals surface area (Å²) in [6, 6.07) is 5.13. The third-order valence-electron chi connectivity index (χ3n) is 1.23. The summed E-state index contributed by atoms with van der Waals surface area (Å²) in [6.07, 6.45) is 0. The minimum absolute atomic E-state index is 0.259. The molecule has 0 aliphatic rings. The Labute approximate surface area is 77.6 Å². The van der Waals surface area contributed by atoms with Crippen LogP contribution in [0.25, 0.3) is 0 Å². The van der Waals surface area contributed by atoms with Crippen molar-refractivity contribution in [2.75, 3.05) is 0 Å². The maximum absolute atomic E-state index is 12.6. The summed E-state index contributed by atoms with van der Waals surface area (Å²) >= 11 is 0.460. The van der Waals surface area contributed by atoms with E-state index in [1.807, 2.05) is 0 Å². The van der Waals surface area contributed by atoms with Crippen molar-refractivity contribution in [2.24, 2.45) is 0 Å². The molecule has 0 spiro atoms. The van der Waals surface area contributed by atoms with Gasteiger partial charge in [0.1, 0.15) is 5.82 Å². The molecule has 70 valence electrons. The van der Waals surface area contributed by atoms with E-state index in [2.05, 4.69) is 0 Å². The van der Waals surface area contributed by atoms with Crippen molar-refractivity contribution in [2.45, 2.75) is 10.4 Å². The van der Waals surface area contributed by atoms with Crippen molar-refractivity contribution >= 4 is 17.7 Å². The van der Waals surface area contributed by atoms with Crippen LogP contribution in [0.1, 0.15) is 0 Å². The van der Waals surface area contributed by atoms with Gasteiger partial charge in [-0.1, -0.05) is 17.8 Å². The first-order chi connectivity index (χ1) is 6.09. The number of aliphatic carboxylic acids is 1. The Kier molecular flexibility index (Phi) is 3.25. The molecule has 0 aromatic heterocycles. The lowest BCUT2D eigenvalue weighted by atomic mass is 10.4. The summed E-state index contributed by atoms with van der Waals surface area (Å²) in [5.74, 6) is -2.07. The van der Waals surface area contributed by atoms with E-state index in [1.165, 1.54) is 18.2 Å². The Morgan fingerprint density at radius 1 is 1.54 bits per heavy atom. The van der Waals surface area contributed by atoms with Gasteiger partial charge in [-0.05, 0) is 18.2 Å². The van der Waals surface area contributed by atoms with Crippen molar-refractivity contribution in [3.8, 4) is 0 Å². The van der Waals surface area contributed by atoms with Crippen LogP contribution in [0.15, 0.2) is 29.2 Å². The van der Waals surface area contributed by atoms with E-state index in [9.17, 15) is 13.6 Å². The van der Waals surface area contributed by atoms with Gasteiger partial charge in [-0.2, -0.15) is 0 Å². The van der Waals surface area contributed by atoms with Crippen molar-refractivity contribution in [3.05, 3.63) is 30.1 Å². The third kappa shape index (κ3) is 3.02. The zero-order chi connectivity index (χ0) is 9.84. The second kappa shape index (κ2) is 4.23. The molecule has 1 aromatic carbocycles. The van der Waals surface area contributed by atoms with Crippen molar-refractivity contribution in [3.63, 3.8) is 0 Å². The average Bonchev–Trinajstić information content (AvgIpc) is 2.04. The van der Waals surface area contributed by atoms with Gasteiger partial charge in [0.05, 0.1) is 0 Å². The first-order valence-electron chi connectivity index (χ1n) is 3.38. The monoisotopic (exact) mass is 204 g/mol. The minimum atomic E-state index is -2.05. The number of hydrogen-bond acceptors (Lipinski definition) is 2. The fourth-order valence-electron chi connectivity index (χ4n) is 0.710. The quantitative estimate of drug-likeness (QED) is 0.767. The highest BCUT2D eigenvalue weighted by molar-refractivity contribution is 8.00. The second-order valence-corrected chi connectivity index (χ2v) is 3.35. The van der Waals surface area contributed by atoms with Gasteiger partial charge in [-0.15, -0.1) is 0 Å². The van der Waals surface area contributed by atoms with E-state index >= 15 is 0 Å². The zero-order valence-corrected chi connectivity index (χ0v) is 7.22. The van der Waals surface area contributed by atoms with Gasteiger partial charge in [0.2, 0.25) is 5.50 Å². The molecule has 0 fully saturated rings. The van der Waals surface area contributed by atoms with Gasteiger partial charge >= 0.3 is 5.97 Å². The van der Waals surface area contributed by atoms with Gasteiger partial charge in [0, 0.05) is 4.90 Å². The molecule has 5 heteroatoms. The molecule has 2 nitrogen and oxygen atoms in total. The number of benzene rings is 1. The Balaban J connectivity index is 2.69. The molecular weight excluding hydrogens is 198 g/mol. The fourth-order valence-corrected chi connectivity index (χ4v) is 1.39. The van der Waals surface area contributed by atoms with Crippen LogP contribution in [0.3, 0.4) is 0 Å². The highest BCUT2D eigenvalue weighted by Gasteiger charge is 2.16. The Morgan fingerprint density at radius 2 is 2.23 bits per heavy atom. The van der Waals surface area contributed by atoms with Crippen LogP contribution < -0.4 is 0 Å². The number of carbonyl (C=O) groups is 1. The maximum Gasteiger partial charge on any atom is 0.349 e. The number of rotatable bonds is 3. The molecule has 1 aromatic rings. The van der Waals surface area contributed by atoms with Gasteiger partial charge < -0.3 is 5.11 Å². The molecule has 0 heterocycles.